The molecule has 0 aliphatic heterocycles. The maximum atomic E-state index is 13.4. The lowest BCUT2D eigenvalue weighted by Gasteiger charge is -2.33. The molecule has 1 aliphatic rings. The lowest BCUT2D eigenvalue weighted by atomic mass is 9.77. The van der Waals surface area contributed by atoms with Crippen LogP contribution in [0.3, 0.4) is 0 Å². The molecule has 3 unspecified atom stereocenters. The van der Waals surface area contributed by atoms with Crippen molar-refractivity contribution in [2.45, 2.75) is 52.0 Å². The second-order valence-electron chi connectivity index (χ2n) is 6.08. The van der Waals surface area contributed by atoms with Gasteiger partial charge in [0, 0.05) is 6.04 Å². The van der Waals surface area contributed by atoms with E-state index in [1.807, 2.05) is 13.0 Å². The van der Waals surface area contributed by atoms with Gasteiger partial charge < -0.3 is 0 Å². The van der Waals surface area contributed by atoms with Gasteiger partial charge in [0.25, 0.3) is 0 Å². The van der Waals surface area contributed by atoms with Gasteiger partial charge in [-0.25, -0.2) is 4.39 Å². The fourth-order valence-corrected chi connectivity index (χ4v) is 3.31. The number of hydrogen-bond donors (Lipinski definition) is 2. The van der Waals surface area contributed by atoms with Crippen LogP contribution >= 0.6 is 0 Å². The third-order valence-electron chi connectivity index (χ3n) is 4.51. The number of hydrogen-bond acceptors (Lipinski definition) is 2. The predicted molar refractivity (Wildman–Crippen MR) is 77.1 cm³/mol. The third-order valence-corrected chi connectivity index (χ3v) is 4.51. The van der Waals surface area contributed by atoms with Crippen molar-refractivity contribution in [3.8, 4) is 0 Å². The summed E-state index contributed by atoms with van der Waals surface area (Å²) in [5.74, 6) is 6.97. The maximum absolute atomic E-state index is 13.4. The smallest absolute Gasteiger partial charge is 0.123 e. The van der Waals surface area contributed by atoms with Crippen LogP contribution in [0.2, 0.25) is 0 Å². The largest absolute Gasteiger partial charge is 0.271 e. The summed E-state index contributed by atoms with van der Waals surface area (Å²) in [7, 11) is 0. The van der Waals surface area contributed by atoms with Crippen LogP contribution < -0.4 is 11.3 Å². The number of hydrazine groups is 1. The molecular weight excluding hydrogens is 239 g/mol. The van der Waals surface area contributed by atoms with Crippen molar-refractivity contribution in [1.29, 1.82) is 0 Å². The van der Waals surface area contributed by atoms with E-state index in [2.05, 4.69) is 12.3 Å². The van der Waals surface area contributed by atoms with Gasteiger partial charge in [0.2, 0.25) is 0 Å². The van der Waals surface area contributed by atoms with Crippen molar-refractivity contribution in [2.24, 2.45) is 17.7 Å². The minimum absolute atomic E-state index is 0.159. The highest BCUT2D eigenvalue weighted by Gasteiger charge is 2.26. The first-order chi connectivity index (χ1) is 9.10. The van der Waals surface area contributed by atoms with Crippen LogP contribution in [0.1, 0.15) is 43.7 Å². The molecule has 1 fully saturated rings. The maximum Gasteiger partial charge on any atom is 0.123 e. The molecule has 0 radical (unpaired) electrons. The average Bonchev–Trinajstić information content (AvgIpc) is 2.39. The van der Waals surface area contributed by atoms with Crippen molar-refractivity contribution < 1.29 is 4.39 Å². The monoisotopic (exact) mass is 264 g/mol. The van der Waals surface area contributed by atoms with Gasteiger partial charge >= 0.3 is 0 Å². The van der Waals surface area contributed by atoms with E-state index in [1.165, 1.54) is 31.7 Å². The van der Waals surface area contributed by atoms with E-state index >= 15 is 0 Å². The van der Waals surface area contributed by atoms with Gasteiger partial charge in [-0.05, 0) is 61.3 Å². The molecule has 0 amide bonds. The Morgan fingerprint density at radius 2 is 2.21 bits per heavy atom. The quantitative estimate of drug-likeness (QED) is 0.646. The number of halogens is 1. The Balaban J connectivity index is 2.07. The highest BCUT2D eigenvalue weighted by Crippen LogP contribution is 2.32. The van der Waals surface area contributed by atoms with E-state index in [9.17, 15) is 4.39 Å². The Morgan fingerprint density at radius 1 is 1.42 bits per heavy atom. The zero-order chi connectivity index (χ0) is 13.8. The molecule has 1 saturated carbocycles. The number of rotatable bonds is 4. The fraction of sp³-hybridized carbons (Fsp3) is 0.625. The van der Waals surface area contributed by atoms with E-state index in [1.54, 1.807) is 6.07 Å². The third kappa shape index (κ3) is 3.77. The summed E-state index contributed by atoms with van der Waals surface area (Å²) in [4.78, 5) is 0. The van der Waals surface area contributed by atoms with Crippen LogP contribution in [0.5, 0.6) is 0 Å². The van der Waals surface area contributed by atoms with Crippen LogP contribution in [0.25, 0.3) is 0 Å². The summed E-state index contributed by atoms with van der Waals surface area (Å²) >= 11 is 0. The molecule has 0 saturated heterocycles. The van der Waals surface area contributed by atoms with Gasteiger partial charge in [0.05, 0.1) is 0 Å². The summed E-state index contributed by atoms with van der Waals surface area (Å²) < 4.78 is 13.4. The zero-order valence-electron chi connectivity index (χ0n) is 12.0. The Bertz CT molecular complexity index is 419. The molecule has 3 N–H and O–H groups in total. The van der Waals surface area contributed by atoms with Crippen molar-refractivity contribution in [2.75, 3.05) is 0 Å². The number of aryl methyl sites for hydroxylation is 1. The molecule has 2 rings (SSSR count). The van der Waals surface area contributed by atoms with Gasteiger partial charge in [-0.15, -0.1) is 0 Å². The minimum atomic E-state index is -0.159. The first-order valence-electron chi connectivity index (χ1n) is 7.31. The number of nitrogens with one attached hydrogen (secondary N) is 1. The van der Waals surface area contributed by atoms with E-state index in [-0.39, 0.29) is 11.9 Å². The van der Waals surface area contributed by atoms with Crippen LogP contribution in [0.15, 0.2) is 18.2 Å². The molecule has 3 heteroatoms. The minimum Gasteiger partial charge on any atom is -0.271 e. The Morgan fingerprint density at radius 3 is 2.89 bits per heavy atom. The molecule has 0 bridgehead atoms. The molecule has 1 aromatic carbocycles. The Hall–Kier alpha value is -0.930. The van der Waals surface area contributed by atoms with Gasteiger partial charge in [0.15, 0.2) is 0 Å². The number of nitrogens with two attached hydrogens (primary N) is 1. The van der Waals surface area contributed by atoms with Gasteiger partial charge in [0.1, 0.15) is 5.82 Å². The van der Waals surface area contributed by atoms with Gasteiger partial charge in [-0.3, -0.25) is 11.3 Å². The summed E-state index contributed by atoms with van der Waals surface area (Å²) in [6.45, 7) is 4.35. The Kier molecular flexibility index (Phi) is 4.94. The van der Waals surface area contributed by atoms with Gasteiger partial charge in [-0.2, -0.15) is 0 Å². The molecule has 106 valence electrons. The zero-order valence-corrected chi connectivity index (χ0v) is 12.0. The van der Waals surface area contributed by atoms with Crippen LogP contribution in [0, 0.1) is 24.6 Å². The SMILES string of the molecule is Cc1ccc(F)cc1CC(NN)C1CCCC(C)C1. The second-order valence-corrected chi connectivity index (χ2v) is 6.08. The topological polar surface area (TPSA) is 38.0 Å². The second kappa shape index (κ2) is 6.49. The average molecular weight is 264 g/mol. The van der Waals surface area contributed by atoms with E-state index in [4.69, 9.17) is 5.84 Å². The van der Waals surface area contributed by atoms with Crippen molar-refractivity contribution in [3.63, 3.8) is 0 Å². The molecule has 1 aliphatic carbocycles. The molecule has 0 heterocycles. The molecule has 3 atom stereocenters. The molecule has 19 heavy (non-hydrogen) atoms. The highest BCUT2D eigenvalue weighted by molar-refractivity contribution is 5.27. The summed E-state index contributed by atoms with van der Waals surface area (Å²) in [5.41, 5.74) is 5.18. The fourth-order valence-electron chi connectivity index (χ4n) is 3.31. The number of benzene rings is 1. The normalized spacial score (nSPS) is 25.3. The van der Waals surface area contributed by atoms with Crippen molar-refractivity contribution in [3.05, 3.63) is 35.1 Å². The lowest BCUT2D eigenvalue weighted by molar-refractivity contribution is 0.221. The first kappa shape index (κ1) is 14.5. The summed E-state index contributed by atoms with van der Waals surface area (Å²) in [6, 6.07) is 5.27. The molecule has 1 aromatic rings. The van der Waals surface area contributed by atoms with Crippen LogP contribution in [-0.2, 0) is 6.42 Å². The van der Waals surface area contributed by atoms with Crippen molar-refractivity contribution >= 4 is 0 Å². The summed E-state index contributed by atoms with van der Waals surface area (Å²) in [5, 5.41) is 0. The molecule has 0 spiro atoms. The van der Waals surface area contributed by atoms with E-state index in [0.29, 0.717) is 5.92 Å². The summed E-state index contributed by atoms with van der Waals surface area (Å²) in [6.07, 6.45) is 5.88. The lowest BCUT2D eigenvalue weighted by Crippen LogP contribution is -2.44. The highest BCUT2D eigenvalue weighted by atomic mass is 19.1. The van der Waals surface area contributed by atoms with Gasteiger partial charge in [-0.1, -0.05) is 25.8 Å². The molecule has 0 aromatic heterocycles. The van der Waals surface area contributed by atoms with Crippen molar-refractivity contribution in [1.82, 2.24) is 5.43 Å². The predicted octanol–water partition coefficient (Wildman–Crippen LogP) is 3.33. The molecule has 2 nitrogen and oxygen atoms in total. The standard InChI is InChI=1S/C16H25FN2/c1-11-4-3-5-13(8-11)16(19-18)10-14-9-15(17)7-6-12(14)2/h6-7,9,11,13,16,19H,3-5,8,10,18H2,1-2H3. The Labute approximate surface area is 115 Å². The van der Waals surface area contributed by atoms with E-state index < -0.39 is 0 Å². The van der Waals surface area contributed by atoms with Crippen LogP contribution in [-0.4, -0.2) is 6.04 Å². The van der Waals surface area contributed by atoms with E-state index in [0.717, 1.165) is 23.5 Å². The molecular formula is C16H25FN2. The first-order valence-corrected chi connectivity index (χ1v) is 7.31. The van der Waals surface area contributed by atoms with Crippen LogP contribution in [0.4, 0.5) is 4.39 Å².